The maximum absolute atomic E-state index is 3.96. The van der Waals surface area contributed by atoms with E-state index < -0.39 is 0 Å². The second-order valence-electron chi connectivity index (χ2n) is 20.5. The molecule has 0 atom stereocenters. The Morgan fingerprint density at radius 2 is 1.11 bits per heavy atom. The zero-order chi connectivity index (χ0) is 47.0. The fraction of sp³-hybridized carbons (Fsp3) is 0.108. The summed E-state index contributed by atoms with van der Waals surface area (Å²) in [5.74, 6) is 0. The summed E-state index contributed by atoms with van der Waals surface area (Å²) in [6.07, 6.45) is 0. The first kappa shape index (κ1) is 40.8. The molecule has 1 N–H and O–H groups in total. The molecule has 333 valence electrons. The molecule has 0 aliphatic carbocycles. The number of nitrogens with zero attached hydrogens (tertiary/aromatic N) is 3. The highest BCUT2D eigenvalue weighted by molar-refractivity contribution is 6.74. The van der Waals surface area contributed by atoms with Crippen molar-refractivity contribution in [1.82, 2.24) is 4.57 Å². The van der Waals surface area contributed by atoms with Gasteiger partial charge in [0.25, 0.3) is 0 Å². The third-order valence-corrected chi connectivity index (χ3v) is 15.7. The van der Waals surface area contributed by atoms with Gasteiger partial charge in [-0.1, -0.05) is 166 Å². The molecule has 0 bridgehead atoms. The number of anilines is 8. The largest absolute Gasteiger partial charge is 0.355 e. The summed E-state index contributed by atoms with van der Waals surface area (Å²) in [4.78, 5) is 4.97. The van der Waals surface area contributed by atoms with E-state index >= 15 is 0 Å². The minimum absolute atomic E-state index is 0.221. The van der Waals surface area contributed by atoms with Crippen molar-refractivity contribution in [3.63, 3.8) is 0 Å². The van der Waals surface area contributed by atoms with Crippen molar-refractivity contribution in [1.29, 1.82) is 0 Å². The molecule has 3 aliphatic rings. The first-order chi connectivity index (χ1) is 34.2. The van der Waals surface area contributed by atoms with Gasteiger partial charge in [-0.15, -0.1) is 0 Å². The average molecular weight is 898 g/mol. The number of hydrogen-bond acceptors (Lipinski definition) is 3. The van der Waals surface area contributed by atoms with Gasteiger partial charge in [0.2, 0.25) is 0 Å². The monoisotopic (exact) mass is 897 g/mol. The summed E-state index contributed by atoms with van der Waals surface area (Å²) in [6.45, 7) is 11.8. The molecule has 70 heavy (non-hydrogen) atoms. The molecule has 4 nitrogen and oxygen atoms in total. The Morgan fingerprint density at radius 3 is 1.81 bits per heavy atom. The molecule has 0 unspecified atom stereocenters. The van der Waals surface area contributed by atoms with E-state index in [9.17, 15) is 0 Å². The lowest BCUT2D eigenvalue weighted by Gasteiger charge is -2.42. The molecule has 1 aromatic heterocycles. The van der Waals surface area contributed by atoms with Gasteiger partial charge in [0.15, 0.2) is 7.28 Å². The van der Waals surface area contributed by atoms with Crippen molar-refractivity contribution in [2.45, 2.75) is 45.4 Å². The van der Waals surface area contributed by atoms with E-state index in [1.54, 1.807) is 0 Å². The fourth-order valence-corrected chi connectivity index (χ4v) is 12.5. The number of nitrogens with one attached hydrogen (secondary N) is 1. The summed E-state index contributed by atoms with van der Waals surface area (Å²) < 4.78 is 2.67. The molecule has 10 aromatic carbocycles. The van der Waals surface area contributed by atoms with E-state index in [1.165, 1.54) is 88.4 Å². The van der Waals surface area contributed by atoms with Crippen LogP contribution in [0.15, 0.2) is 206 Å². The van der Waals surface area contributed by atoms with Crippen molar-refractivity contribution in [3.8, 4) is 16.8 Å². The Morgan fingerprint density at radius 1 is 0.486 bits per heavy atom. The van der Waals surface area contributed by atoms with Crippen molar-refractivity contribution >= 4 is 96.3 Å². The highest BCUT2D eigenvalue weighted by Crippen LogP contribution is 2.57. The van der Waals surface area contributed by atoms with Gasteiger partial charge in [-0.2, -0.15) is 0 Å². The lowest BCUT2D eigenvalue weighted by Crippen LogP contribution is -2.41. The van der Waals surface area contributed by atoms with Crippen LogP contribution in [0.2, 0.25) is 0 Å². The van der Waals surface area contributed by atoms with E-state index in [4.69, 9.17) is 0 Å². The molecule has 0 fully saturated rings. The molecule has 0 amide bonds. The molecule has 5 heteroatoms. The first-order valence-electron chi connectivity index (χ1n) is 24.6. The topological polar surface area (TPSA) is 23.4 Å². The van der Waals surface area contributed by atoms with Crippen LogP contribution >= 0.6 is 0 Å². The summed E-state index contributed by atoms with van der Waals surface area (Å²) >= 11 is 0. The molecule has 4 heterocycles. The highest BCUT2D eigenvalue weighted by Gasteiger charge is 2.43. The van der Waals surface area contributed by atoms with Gasteiger partial charge in [-0.05, 0) is 130 Å². The first-order valence-corrected chi connectivity index (χ1v) is 24.6. The smallest absolute Gasteiger partial charge is 0.197 e. The van der Waals surface area contributed by atoms with Gasteiger partial charge in [-0.25, -0.2) is 0 Å². The van der Waals surface area contributed by atoms with E-state index in [-0.39, 0.29) is 10.8 Å². The SMILES string of the molecule is Cc1ccc(Nc2ccc(N(c3ccccc3)c3ccccc3)cc2-c2cc(N3c4ccccc4C(C)(C)c4ccccc43)c3c4cc5ccccc5c5c4n4c3c2[B]c2cccc(c2-4)C5(C)C)cc1. The van der Waals surface area contributed by atoms with Gasteiger partial charge < -0.3 is 19.7 Å². The molecular weight excluding hydrogens is 848 g/mol. The maximum Gasteiger partial charge on any atom is 0.197 e. The molecule has 14 rings (SSSR count). The van der Waals surface area contributed by atoms with Crippen LogP contribution in [-0.2, 0) is 10.8 Å². The Bertz CT molecular complexity index is 3870. The molecule has 0 saturated heterocycles. The number of para-hydroxylation sites is 5. The standard InChI is InChI=1S/C65H50BN4/c1-40-31-33-42(34-32-40)67-54-36-35-45(68(43-20-8-6-9-21-43)44-22-10-7-11-23-44)38-47(54)48-39-57(69-55-29-16-14-25-50(55)64(2,3)51-26-15-17-30-56(51)69)58-49-37-41-19-12-13-24-46(41)59-61(49)70-62-52(65(59,4)5)27-18-28-53(62)66-60(48)63(58)70/h6-39,67H,1-5H3. The van der Waals surface area contributed by atoms with Crippen molar-refractivity contribution in [2.75, 3.05) is 15.1 Å². The Kier molecular flexibility index (Phi) is 8.65. The van der Waals surface area contributed by atoms with Crippen LogP contribution in [0.25, 0.3) is 49.4 Å². The summed E-state index contributed by atoms with van der Waals surface area (Å²) in [5, 5.41) is 9.07. The van der Waals surface area contributed by atoms with Crippen LogP contribution < -0.4 is 26.0 Å². The zero-order valence-corrected chi connectivity index (χ0v) is 40.0. The maximum atomic E-state index is 3.96. The number of fused-ring (bicyclic) bond motifs is 5. The van der Waals surface area contributed by atoms with Gasteiger partial charge in [0.05, 0.1) is 28.1 Å². The molecule has 1 radical (unpaired) electrons. The Hall–Kier alpha value is -8.28. The normalized spacial score (nSPS) is 14.4. The highest BCUT2D eigenvalue weighted by atomic mass is 15.2. The van der Waals surface area contributed by atoms with Gasteiger partial charge in [0, 0.05) is 61.3 Å². The molecule has 11 aromatic rings. The summed E-state index contributed by atoms with van der Waals surface area (Å²) in [6, 6.07) is 76.5. The number of rotatable bonds is 7. The third kappa shape index (κ3) is 5.72. The van der Waals surface area contributed by atoms with Crippen LogP contribution in [0.5, 0.6) is 0 Å². The number of aryl methyl sites for hydroxylation is 1. The van der Waals surface area contributed by atoms with Crippen LogP contribution in [0, 0.1) is 6.92 Å². The van der Waals surface area contributed by atoms with E-state index in [0.717, 1.165) is 45.3 Å². The van der Waals surface area contributed by atoms with Gasteiger partial charge >= 0.3 is 0 Å². The number of hydrogen-bond donors (Lipinski definition) is 1. The summed E-state index contributed by atoms with van der Waals surface area (Å²) in [5.41, 5.74) is 23.5. The zero-order valence-electron chi connectivity index (χ0n) is 40.0. The molecule has 0 spiro atoms. The second-order valence-corrected chi connectivity index (χ2v) is 20.5. The Labute approximate surface area is 410 Å². The number of aromatic nitrogens is 1. The third-order valence-electron chi connectivity index (χ3n) is 15.7. The quantitative estimate of drug-likeness (QED) is 0.161. The minimum atomic E-state index is -0.269. The van der Waals surface area contributed by atoms with Crippen LogP contribution in [0.4, 0.5) is 45.5 Å². The molecule has 0 saturated carbocycles. The van der Waals surface area contributed by atoms with E-state index in [1.807, 2.05) is 0 Å². The second kappa shape index (κ2) is 14.9. The molecule has 3 aliphatic heterocycles. The average Bonchev–Trinajstić information content (AvgIpc) is 3.73. The lowest BCUT2D eigenvalue weighted by molar-refractivity contribution is 0.632. The van der Waals surface area contributed by atoms with Crippen LogP contribution in [0.3, 0.4) is 0 Å². The lowest BCUT2D eigenvalue weighted by atomic mass is 9.57. The van der Waals surface area contributed by atoms with Crippen LogP contribution in [0.1, 0.15) is 55.5 Å². The van der Waals surface area contributed by atoms with Crippen molar-refractivity contribution in [2.24, 2.45) is 0 Å². The predicted molar refractivity (Wildman–Crippen MR) is 297 cm³/mol. The van der Waals surface area contributed by atoms with Gasteiger partial charge in [0.1, 0.15) is 0 Å². The van der Waals surface area contributed by atoms with Crippen molar-refractivity contribution < 1.29 is 0 Å². The summed E-state index contributed by atoms with van der Waals surface area (Å²) in [7, 11) is 2.50. The number of benzene rings is 10. The van der Waals surface area contributed by atoms with Crippen LogP contribution in [-0.4, -0.2) is 11.8 Å². The predicted octanol–water partition coefficient (Wildman–Crippen LogP) is 15.8. The van der Waals surface area contributed by atoms with Gasteiger partial charge in [-0.3, -0.25) is 0 Å². The molecular formula is C65H50BN4. The minimum Gasteiger partial charge on any atom is -0.355 e. The van der Waals surface area contributed by atoms with E-state index in [0.29, 0.717) is 0 Å². The Balaban J connectivity index is 1.17. The van der Waals surface area contributed by atoms with E-state index in [2.05, 4.69) is 268 Å². The fourth-order valence-electron chi connectivity index (χ4n) is 12.5. The van der Waals surface area contributed by atoms with Crippen molar-refractivity contribution in [3.05, 3.63) is 234 Å².